The Morgan fingerprint density at radius 2 is 1.84 bits per heavy atom. The van der Waals surface area contributed by atoms with Crippen LogP contribution in [0.2, 0.25) is 0 Å². The van der Waals surface area contributed by atoms with Crippen LogP contribution < -0.4 is 10.6 Å². The number of aryl methyl sites for hydroxylation is 1. The topological polar surface area (TPSA) is 74.3 Å². The van der Waals surface area contributed by atoms with Crippen molar-refractivity contribution in [2.75, 3.05) is 18.4 Å². The average Bonchev–Trinajstić information content (AvgIpc) is 2.73. The summed E-state index contributed by atoms with van der Waals surface area (Å²) >= 11 is 0. The second-order valence-corrected chi connectivity index (χ2v) is 9.38. The Bertz CT molecular complexity index is 912. The number of rotatable bonds is 6. The van der Waals surface area contributed by atoms with Crippen molar-refractivity contribution in [1.82, 2.24) is 15.2 Å². The Morgan fingerprint density at radius 3 is 2.52 bits per heavy atom. The lowest BCUT2D eigenvalue weighted by molar-refractivity contribution is -0.127. The summed E-state index contributed by atoms with van der Waals surface area (Å²) in [5.41, 5.74) is 3.36. The first-order valence-corrected chi connectivity index (χ1v) is 11.1. The van der Waals surface area contributed by atoms with Crippen LogP contribution in [0.1, 0.15) is 62.0 Å². The van der Waals surface area contributed by atoms with E-state index in [-0.39, 0.29) is 23.3 Å². The fourth-order valence-electron chi connectivity index (χ4n) is 3.84. The third-order valence-corrected chi connectivity index (χ3v) is 5.51. The second-order valence-electron chi connectivity index (χ2n) is 9.38. The van der Waals surface area contributed by atoms with Gasteiger partial charge in [0.15, 0.2) is 0 Å². The van der Waals surface area contributed by atoms with E-state index < -0.39 is 0 Å². The molecule has 1 aromatic heterocycles. The molecule has 1 fully saturated rings. The summed E-state index contributed by atoms with van der Waals surface area (Å²) in [5, 5.41) is 6.08. The molecule has 0 aliphatic carbocycles. The van der Waals surface area contributed by atoms with E-state index in [4.69, 9.17) is 0 Å². The molecular weight excluding hydrogens is 388 g/mol. The molecule has 0 radical (unpaired) electrons. The molecule has 166 valence electrons. The van der Waals surface area contributed by atoms with Crippen LogP contribution in [0, 0.1) is 5.92 Å². The van der Waals surface area contributed by atoms with Gasteiger partial charge in [0.05, 0.1) is 5.56 Å². The van der Waals surface area contributed by atoms with E-state index in [0.29, 0.717) is 5.56 Å². The predicted molar refractivity (Wildman–Crippen MR) is 124 cm³/mol. The van der Waals surface area contributed by atoms with Crippen LogP contribution in [0.5, 0.6) is 0 Å². The lowest BCUT2D eigenvalue weighted by Crippen LogP contribution is -2.46. The largest absolute Gasteiger partial charge is 0.351 e. The number of hydrogen-bond donors (Lipinski definition) is 2. The lowest BCUT2D eigenvalue weighted by Gasteiger charge is -2.33. The number of amides is 2. The first kappa shape index (κ1) is 22.9. The maximum atomic E-state index is 12.6. The number of aromatic nitrogens is 1. The van der Waals surface area contributed by atoms with Crippen molar-refractivity contribution in [3.05, 3.63) is 59.4 Å². The van der Waals surface area contributed by atoms with Gasteiger partial charge in [-0.2, -0.15) is 0 Å². The van der Waals surface area contributed by atoms with Crippen LogP contribution >= 0.6 is 0 Å². The first-order chi connectivity index (χ1) is 14.7. The molecule has 1 aliphatic heterocycles. The molecule has 0 saturated carbocycles. The summed E-state index contributed by atoms with van der Waals surface area (Å²) in [6, 6.07) is 9.85. The molecule has 1 saturated heterocycles. The molecule has 0 atom stereocenters. The summed E-state index contributed by atoms with van der Waals surface area (Å²) in [6.07, 6.45) is 5.97. The maximum Gasteiger partial charge on any atom is 0.257 e. The van der Waals surface area contributed by atoms with Crippen molar-refractivity contribution in [2.24, 2.45) is 5.92 Å². The van der Waals surface area contributed by atoms with E-state index in [1.807, 2.05) is 52.0 Å². The van der Waals surface area contributed by atoms with Gasteiger partial charge in [-0.15, -0.1) is 0 Å². The number of piperidine rings is 1. The number of carbonyl (C=O) groups is 2. The molecule has 2 heterocycles. The van der Waals surface area contributed by atoms with E-state index >= 15 is 0 Å². The van der Waals surface area contributed by atoms with Crippen LogP contribution in [-0.2, 0) is 17.8 Å². The Morgan fingerprint density at radius 1 is 1.10 bits per heavy atom. The van der Waals surface area contributed by atoms with Crippen molar-refractivity contribution in [2.45, 2.75) is 59.0 Å². The van der Waals surface area contributed by atoms with Crippen molar-refractivity contribution >= 4 is 17.5 Å². The molecule has 6 nitrogen and oxygen atoms in total. The van der Waals surface area contributed by atoms with Crippen LogP contribution in [0.3, 0.4) is 0 Å². The van der Waals surface area contributed by atoms with E-state index in [2.05, 4.69) is 26.6 Å². The van der Waals surface area contributed by atoms with Gasteiger partial charge in [-0.1, -0.05) is 19.1 Å². The van der Waals surface area contributed by atoms with E-state index in [1.54, 1.807) is 12.4 Å². The number of carbonyl (C=O) groups excluding carboxylic acids is 2. The van der Waals surface area contributed by atoms with Crippen LogP contribution in [0.25, 0.3) is 0 Å². The minimum Gasteiger partial charge on any atom is -0.351 e. The highest BCUT2D eigenvalue weighted by molar-refractivity contribution is 6.04. The smallest absolute Gasteiger partial charge is 0.257 e. The van der Waals surface area contributed by atoms with Gasteiger partial charge in [0.1, 0.15) is 0 Å². The molecule has 0 unspecified atom stereocenters. The molecule has 1 aliphatic rings. The third kappa shape index (κ3) is 6.89. The van der Waals surface area contributed by atoms with Crippen LogP contribution in [-0.4, -0.2) is 40.3 Å². The van der Waals surface area contributed by atoms with Gasteiger partial charge in [0.2, 0.25) is 5.91 Å². The minimum absolute atomic E-state index is 0.0913. The zero-order valence-corrected chi connectivity index (χ0v) is 19.1. The molecule has 31 heavy (non-hydrogen) atoms. The molecule has 1 aromatic carbocycles. The van der Waals surface area contributed by atoms with Gasteiger partial charge in [0.25, 0.3) is 5.91 Å². The highest BCUT2D eigenvalue weighted by Gasteiger charge is 2.27. The quantitative estimate of drug-likeness (QED) is 0.737. The Kier molecular flexibility index (Phi) is 7.44. The SMILES string of the molecule is CCc1cncc(C(=O)Nc2cccc(CN3CCC(C(=O)NC(C)(C)C)CC3)c2)c1. The zero-order chi connectivity index (χ0) is 22.4. The zero-order valence-electron chi connectivity index (χ0n) is 19.1. The van der Waals surface area contributed by atoms with Crippen LogP contribution in [0.4, 0.5) is 5.69 Å². The minimum atomic E-state index is -0.187. The van der Waals surface area contributed by atoms with E-state index in [1.165, 1.54) is 0 Å². The number of pyridine rings is 1. The molecule has 2 N–H and O–H groups in total. The summed E-state index contributed by atoms with van der Waals surface area (Å²) in [5.74, 6) is 0.109. The number of nitrogens with one attached hydrogen (secondary N) is 2. The van der Waals surface area contributed by atoms with E-state index in [0.717, 1.165) is 55.7 Å². The summed E-state index contributed by atoms with van der Waals surface area (Å²) in [6.45, 7) is 10.7. The normalized spacial score (nSPS) is 15.5. The molecule has 3 rings (SSSR count). The molecule has 0 bridgehead atoms. The monoisotopic (exact) mass is 422 g/mol. The molecule has 0 spiro atoms. The fourth-order valence-corrected chi connectivity index (χ4v) is 3.84. The van der Waals surface area contributed by atoms with Gasteiger partial charge in [-0.05, 0) is 82.4 Å². The molecule has 2 amide bonds. The lowest BCUT2D eigenvalue weighted by atomic mass is 9.94. The highest BCUT2D eigenvalue weighted by Crippen LogP contribution is 2.21. The number of benzene rings is 1. The Hall–Kier alpha value is -2.73. The first-order valence-electron chi connectivity index (χ1n) is 11.1. The fraction of sp³-hybridized carbons (Fsp3) is 0.480. The number of likely N-dealkylation sites (tertiary alicyclic amines) is 1. The standard InChI is InChI=1S/C25H34N4O2/c1-5-18-13-21(16-26-15-18)23(30)27-22-8-6-7-19(14-22)17-29-11-9-20(10-12-29)24(31)28-25(2,3)4/h6-8,13-16,20H,5,9-12,17H2,1-4H3,(H,27,30)(H,28,31). The Balaban J connectivity index is 1.54. The summed E-state index contributed by atoms with van der Waals surface area (Å²) < 4.78 is 0. The average molecular weight is 423 g/mol. The summed E-state index contributed by atoms with van der Waals surface area (Å²) in [7, 11) is 0. The van der Waals surface area contributed by atoms with Crippen molar-refractivity contribution in [3.8, 4) is 0 Å². The van der Waals surface area contributed by atoms with Gasteiger partial charge in [-0.25, -0.2) is 0 Å². The van der Waals surface area contributed by atoms with Crippen molar-refractivity contribution in [1.29, 1.82) is 0 Å². The highest BCUT2D eigenvalue weighted by atomic mass is 16.2. The number of anilines is 1. The van der Waals surface area contributed by atoms with E-state index in [9.17, 15) is 9.59 Å². The van der Waals surface area contributed by atoms with Gasteiger partial charge >= 0.3 is 0 Å². The van der Waals surface area contributed by atoms with Gasteiger partial charge in [0, 0.05) is 36.1 Å². The predicted octanol–water partition coefficient (Wildman–Crippen LogP) is 4.02. The van der Waals surface area contributed by atoms with Crippen molar-refractivity contribution in [3.63, 3.8) is 0 Å². The summed E-state index contributed by atoms with van der Waals surface area (Å²) in [4.78, 5) is 31.5. The van der Waals surface area contributed by atoms with Crippen molar-refractivity contribution < 1.29 is 9.59 Å². The number of nitrogens with zero attached hydrogens (tertiary/aromatic N) is 2. The van der Waals surface area contributed by atoms with Gasteiger partial charge in [-0.3, -0.25) is 19.5 Å². The Labute approximate surface area is 185 Å². The molecular formula is C25H34N4O2. The van der Waals surface area contributed by atoms with Crippen LogP contribution in [0.15, 0.2) is 42.7 Å². The molecule has 2 aromatic rings. The molecule has 6 heteroatoms. The maximum absolute atomic E-state index is 12.6. The van der Waals surface area contributed by atoms with Gasteiger partial charge < -0.3 is 10.6 Å². The number of hydrogen-bond acceptors (Lipinski definition) is 4. The second kappa shape index (κ2) is 10.1. The third-order valence-electron chi connectivity index (χ3n) is 5.51.